The van der Waals surface area contributed by atoms with Gasteiger partial charge in [-0.15, -0.1) is 0 Å². The van der Waals surface area contributed by atoms with Gasteiger partial charge in [-0.2, -0.15) is 0 Å². The number of esters is 1. The zero-order chi connectivity index (χ0) is 13.0. The van der Waals surface area contributed by atoms with Gasteiger partial charge in [-0.25, -0.2) is 4.79 Å². The molecule has 1 aromatic rings. The summed E-state index contributed by atoms with van der Waals surface area (Å²) in [7, 11) is 1.58. The average Bonchev–Trinajstić information content (AvgIpc) is 2.36. The molecule has 3 nitrogen and oxygen atoms in total. The van der Waals surface area contributed by atoms with E-state index in [9.17, 15) is 4.79 Å². The minimum Gasteiger partial charge on any atom is -0.496 e. The van der Waals surface area contributed by atoms with Crippen LogP contribution in [0.5, 0.6) is 5.75 Å². The summed E-state index contributed by atoms with van der Waals surface area (Å²) in [5.74, 6) is 0.611. The molecule has 1 aliphatic heterocycles. The molecule has 0 N–H and O–H groups in total. The fourth-order valence-corrected chi connectivity index (χ4v) is 1.95. The molecule has 1 atom stereocenters. The Morgan fingerprint density at radius 1 is 1.35 bits per heavy atom. The quantitative estimate of drug-likeness (QED) is 0.702. The van der Waals surface area contributed by atoms with Gasteiger partial charge in [0.25, 0.3) is 0 Å². The molecular formula is C14H20O3. The number of methoxy groups -OCH3 is 1. The summed E-state index contributed by atoms with van der Waals surface area (Å²) in [6, 6.07) is 3.96. The van der Waals surface area contributed by atoms with Gasteiger partial charge in [0.1, 0.15) is 11.3 Å². The number of aryl methyl sites for hydroxylation is 1. The third-order valence-corrected chi connectivity index (χ3v) is 2.79. The Kier molecular flexibility index (Phi) is 4.55. The van der Waals surface area contributed by atoms with Crippen LogP contribution in [0.25, 0.3) is 0 Å². The van der Waals surface area contributed by atoms with Gasteiger partial charge < -0.3 is 9.47 Å². The molecule has 2 rings (SSSR count). The lowest BCUT2D eigenvalue weighted by atomic mass is 9.92. The fraction of sp³-hybridized carbons (Fsp3) is 0.500. The van der Waals surface area contributed by atoms with Gasteiger partial charge in [0.05, 0.1) is 13.7 Å². The van der Waals surface area contributed by atoms with Crippen LogP contribution in [0.1, 0.15) is 48.2 Å². The van der Waals surface area contributed by atoms with Gasteiger partial charge in [0.2, 0.25) is 0 Å². The van der Waals surface area contributed by atoms with Crippen molar-refractivity contribution in [2.45, 2.75) is 33.6 Å². The summed E-state index contributed by atoms with van der Waals surface area (Å²) >= 11 is 0. The van der Waals surface area contributed by atoms with Crippen molar-refractivity contribution in [3.8, 4) is 5.75 Å². The van der Waals surface area contributed by atoms with Gasteiger partial charge >= 0.3 is 5.97 Å². The zero-order valence-corrected chi connectivity index (χ0v) is 11.2. The minimum atomic E-state index is -0.274. The second kappa shape index (κ2) is 5.71. The highest BCUT2D eigenvalue weighted by Gasteiger charge is 2.28. The Morgan fingerprint density at radius 2 is 2.00 bits per heavy atom. The van der Waals surface area contributed by atoms with Crippen molar-refractivity contribution in [1.82, 2.24) is 0 Å². The summed E-state index contributed by atoms with van der Waals surface area (Å²) in [6.45, 7) is 8.42. The number of hydrogen-bond acceptors (Lipinski definition) is 3. The van der Waals surface area contributed by atoms with Gasteiger partial charge in [0.15, 0.2) is 0 Å². The molecule has 0 radical (unpaired) electrons. The minimum absolute atomic E-state index is 0.243. The molecule has 0 saturated heterocycles. The Morgan fingerprint density at radius 3 is 2.59 bits per heavy atom. The first kappa shape index (κ1) is 13.6. The molecule has 3 heteroatoms. The predicted molar refractivity (Wildman–Crippen MR) is 67.8 cm³/mol. The highest BCUT2D eigenvalue weighted by atomic mass is 16.5. The van der Waals surface area contributed by atoms with Gasteiger partial charge in [-0.1, -0.05) is 32.9 Å². The fourth-order valence-electron chi connectivity index (χ4n) is 1.95. The Labute approximate surface area is 103 Å². The van der Waals surface area contributed by atoms with Crippen LogP contribution in [0.2, 0.25) is 0 Å². The maximum Gasteiger partial charge on any atom is 0.342 e. The van der Waals surface area contributed by atoms with Crippen LogP contribution in [0.3, 0.4) is 0 Å². The molecule has 17 heavy (non-hydrogen) atoms. The van der Waals surface area contributed by atoms with E-state index in [2.05, 4.69) is 0 Å². The van der Waals surface area contributed by atoms with E-state index in [1.165, 1.54) is 0 Å². The summed E-state index contributed by atoms with van der Waals surface area (Å²) in [6.07, 6.45) is 0. The van der Waals surface area contributed by atoms with Crippen molar-refractivity contribution in [2.24, 2.45) is 0 Å². The van der Waals surface area contributed by atoms with Crippen molar-refractivity contribution >= 4 is 5.97 Å². The molecule has 0 amide bonds. The van der Waals surface area contributed by atoms with Gasteiger partial charge in [-0.05, 0) is 18.1 Å². The number of benzene rings is 1. The van der Waals surface area contributed by atoms with E-state index in [4.69, 9.17) is 9.47 Å². The normalized spacial score (nSPS) is 17.5. The number of ether oxygens (including phenoxy) is 2. The lowest BCUT2D eigenvalue weighted by Gasteiger charge is -2.24. The van der Waals surface area contributed by atoms with Crippen LogP contribution < -0.4 is 4.74 Å². The summed E-state index contributed by atoms with van der Waals surface area (Å²) in [4.78, 5) is 11.7. The molecule has 1 unspecified atom stereocenters. The molecule has 0 bridgehead atoms. The summed E-state index contributed by atoms with van der Waals surface area (Å²) in [5, 5.41) is 0. The molecule has 1 aliphatic rings. The monoisotopic (exact) mass is 236 g/mol. The van der Waals surface area contributed by atoms with E-state index >= 15 is 0 Å². The number of carbonyl (C=O) groups is 1. The van der Waals surface area contributed by atoms with E-state index in [0.717, 1.165) is 11.1 Å². The molecule has 0 saturated carbocycles. The lowest BCUT2D eigenvalue weighted by molar-refractivity contribution is 0.0444. The summed E-state index contributed by atoms with van der Waals surface area (Å²) in [5.41, 5.74) is 2.58. The van der Waals surface area contributed by atoms with Crippen LogP contribution in [0.4, 0.5) is 0 Å². The first-order valence-electron chi connectivity index (χ1n) is 5.99. The largest absolute Gasteiger partial charge is 0.496 e. The number of cyclic esters (lactones) is 1. The second-order valence-electron chi connectivity index (χ2n) is 3.88. The maximum atomic E-state index is 11.7. The van der Waals surface area contributed by atoms with E-state index in [1.54, 1.807) is 7.11 Å². The third kappa shape index (κ3) is 2.43. The topological polar surface area (TPSA) is 35.5 Å². The Balaban J connectivity index is 0.000000686. The predicted octanol–water partition coefficient (Wildman–Crippen LogP) is 3.30. The van der Waals surface area contributed by atoms with Crippen molar-refractivity contribution in [1.29, 1.82) is 0 Å². The van der Waals surface area contributed by atoms with E-state index in [-0.39, 0.29) is 11.9 Å². The van der Waals surface area contributed by atoms with Crippen molar-refractivity contribution in [3.63, 3.8) is 0 Å². The van der Waals surface area contributed by atoms with E-state index < -0.39 is 0 Å². The lowest BCUT2D eigenvalue weighted by Crippen LogP contribution is -2.22. The molecule has 0 spiro atoms. The molecule has 0 aromatic heterocycles. The first-order chi connectivity index (χ1) is 8.15. The Bertz CT molecular complexity index is 410. The molecular weight excluding hydrogens is 216 g/mol. The SMILES string of the molecule is CC.COc1c(C)ccc2c1C(=O)OCC2C. The number of rotatable bonds is 1. The second-order valence-corrected chi connectivity index (χ2v) is 3.88. The highest BCUT2D eigenvalue weighted by Crippen LogP contribution is 2.34. The smallest absolute Gasteiger partial charge is 0.342 e. The van der Waals surface area contributed by atoms with Crippen molar-refractivity contribution in [3.05, 3.63) is 28.8 Å². The van der Waals surface area contributed by atoms with Crippen LogP contribution in [-0.2, 0) is 4.74 Å². The molecule has 1 heterocycles. The van der Waals surface area contributed by atoms with Crippen LogP contribution in [-0.4, -0.2) is 19.7 Å². The maximum absolute atomic E-state index is 11.7. The average molecular weight is 236 g/mol. The van der Waals surface area contributed by atoms with Crippen LogP contribution in [0.15, 0.2) is 12.1 Å². The first-order valence-corrected chi connectivity index (χ1v) is 5.99. The number of fused-ring (bicyclic) bond motifs is 1. The highest BCUT2D eigenvalue weighted by molar-refractivity contribution is 5.96. The number of hydrogen-bond donors (Lipinski definition) is 0. The molecule has 94 valence electrons. The van der Waals surface area contributed by atoms with Gasteiger partial charge in [-0.3, -0.25) is 0 Å². The molecule has 1 aromatic carbocycles. The Hall–Kier alpha value is -1.51. The zero-order valence-electron chi connectivity index (χ0n) is 11.2. The molecule has 0 fully saturated rings. The van der Waals surface area contributed by atoms with Crippen molar-refractivity contribution < 1.29 is 14.3 Å². The summed E-state index contributed by atoms with van der Waals surface area (Å²) < 4.78 is 10.4. The van der Waals surface area contributed by atoms with Gasteiger partial charge in [0, 0.05) is 5.92 Å². The van der Waals surface area contributed by atoms with Crippen LogP contribution in [0, 0.1) is 6.92 Å². The standard InChI is InChI=1S/C12H14O3.C2H6/c1-7-4-5-9-8(2)6-15-12(13)10(9)11(7)14-3;1-2/h4-5,8H,6H2,1-3H3;1-2H3. The molecule has 0 aliphatic carbocycles. The number of carbonyl (C=O) groups excluding carboxylic acids is 1. The van der Waals surface area contributed by atoms with E-state index in [1.807, 2.05) is 39.8 Å². The van der Waals surface area contributed by atoms with Crippen LogP contribution >= 0.6 is 0 Å². The van der Waals surface area contributed by atoms with Crippen molar-refractivity contribution in [2.75, 3.05) is 13.7 Å². The van der Waals surface area contributed by atoms with E-state index in [0.29, 0.717) is 17.9 Å². The third-order valence-electron chi connectivity index (χ3n) is 2.79.